The molecule has 0 radical (unpaired) electrons. The second-order valence-electron chi connectivity index (χ2n) is 5.47. The number of hydrogen-bond donors (Lipinski definition) is 2. The van der Waals surface area contributed by atoms with Crippen molar-refractivity contribution in [2.24, 2.45) is 0 Å². The average Bonchev–Trinajstić information content (AvgIpc) is 2.96. The van der Waals surface area contributed by atoms with Crippen LogP contribution in [-0.4, -0.2) is 37.0 Å². The number of aliphatic hydroxyl groups is 1. The first-order chi connectivity index (χ1) is 9.74. The lowest BCUT2D eigenvalue weighted by Gasteiger charge is -2.16. The lowest BCUT2D eigenvalue weighted by molar-refractivity contribution is -0.00530. The van der Waals surface area contributed by atoms with Crippen molar-refractivity contribution >= 4 is 11.6 Å². The Hall–Kier alpha value is -0.610. The van der Waals surface area contributed by atoms with Crippen LogP contribution in [-0.2, 0) is 11.2 Å². The van der Waals surface area contributed by atoms with Crippen LogP contribution < -0.4 is 5.32 Å². The maximum absolute atomic E-state index is 9.84. The molecule has 1 aliphatic rings. The summed E-state index contributed by atoms with van der Waals surface area (Å²) in [4.78, 5) is 0. The van der Waals surface area contributed by atoms with Crippen LogP contribution in [0.25, 0.3) is 0 Å². The molecule has 1 aliphatic carbocycles. The van der Waals surface area contributed by atoms with E-state index in [1.54, 1.807) is 0 Å². The summed E-state index contributed by atoms with van der Waals surface area (Å²) in [6.07, 6.45) is 5.72. The SMILES string of the molecule is OC(CNCCc1ccc(Cl)cc1)COC1CCCC1. The zero-order valence-electron chi connectivity index (χ0n) is 11.9. The molecule has 2 N–H and O–H groups in total. The molecule has 0 aromatic heterocycles. The van der Waals surface area contributed by atoms with Gasteiger partial charge in [0.05, 0.1) is 18.8 Å². The van der Waals surface area contributed by atoms with Crippen molar-refractivity contribution < 1.29 is 9.84 Å². The van der Waals surface area contributed by atoms with Crippen LogP contribution in [0.2, 0.25) is 5.02 Å². The van der Waals surface area contributed by atoms with E-state index in [4.69, 9.17) is 16.3 Å². The van der Waals surface area contributed by atoms with E-state index in [-0.39, 0.29) is 0 Å². The van der Waals surface area contributed by atoms with Crippen LogP contribution in [0.1, 0.15) is 31.2 Å². The van der Waals surface area contributed by atoms with Crippen LogP contribution in [0.5, 0.6) is 0 Å². The summed E-state index contributed by atoms with van der Waals surface area (Å²) >= 11 is 5.84. The lowest BCUT2D eigenvalue weighted by Crippen LogP contribution is -2.32. The number of aliphatic hydroxyl groups excluding tert-OH is 1. The number of nitrogens with one attached hydrogen (secondary N) is 1. The Morgan fingerprint density at radius 1 is 1.25 bits per heavy atom. The number of hydrogen-bond acceptors (Lipinski definition) is 3. The molecule has 2 rings (SSSR count). The van der Waals surface area contributed by atoms with Crippen molar-refractivity contribution in [1.29, 1.82) is 0 Å². The quantitative estimate of drug-likeness (QED) is 0.725. The second kappa shape index (κ2) is 8.63. The van der Waals surface area contributed by atoms with Gasteiger partial charge < -0.3 is 15.2 Å². The van der Waals surface area contributed by atoms with Gasteiger partial charge in [0.1, 0.15) is 0 Å². The Morgan fingerprint density at radius 3 is 2.65 bits per heavy atom. The molecule has 20 heavy (non-hydrogen) atoms. The molecule has 0 saturated heterocycles. The molecule has 0 heterocycles. The first-order valence-corrected chi connectivity index (χ1v) is 7.86. The van der Waals surface area contributed by atoms with Crippen LogP contribution >= 0.6 is 11.6 Å². The number of benzene rings is 1. The van der Waals surface area contributed by atoms with Gasteiger partial charge in [-0.05, 0) is 43.5 Å². The summed E-state index contributed by atoms with van der Waals surface area (Å²) < 4.78 is 5.69. The van der Waals surface area contributed by atoms with E-state index >= 15 is 0 Å². The highest BCUT2D eigenvalue weighted by Gasteiger charge is 2.16. The smallest absolute Gasteiger partial charge is 0.0897 e. The van der Waals surface area contributed by atoms with Gasteiger partial charge in [0.25, 0.3) is 0 Å². The summed E-state index contributed by atoms with van der Waals surface area (Å²) in [6, 6.07) is 7.87. The summed E-state index contributed by atoms with van der Waals surface area (Å²) in [6.45, 7) is 1.88. The molecule has 4 heteroatoms. The molecule has 0 spiro atoms. The van der Waals surface area contributed by atoms with Crippen LogP contribution in [0, 0.1) is 0 Å². The third kappa shape index (κ3) is 5.80. The average molecular weight is 298 g/mol. The van der Waals surface area contributed by atoms with Gasteiger partial charge in [0.2, 0.25) is 0 Å². The summed E-state index contributed by atoms with van der Waals surface area (Å²) in [5.74, 6) is 0. The number of rotatable bonds is 8. The zero-order valence-corrected chi connectivity index (χ0v) is 12.6. The molecule has 0 bridgehead atoms. The zero-order chi connectivity index (χ0) is 14.2. The highest BCUT2D eigenvalue weighted by Crippen LogP contribution is 2.20. The second-order valence-corrected chi connectivity index (χ2v) is 5.91. The highest BCUT2D eigenvalue weighted by molar-refractivity contribution is 6.30. The van der Waals surface area contributed by atoms with E-state index in [0.29, 0.717) is 19.3 Å². The van der Waals surface area contributed by atoms with Crippen molar-refractivity contribution in [3.63, 3.8) is 0 Å². The highest BCUT2D eigenvalue weighted by atomic mass is 35.5. The molecule has 1 saturated carbocycles. The first kappa shape index (κ1) is 15.8. The maximum Gasteiger partial charge on any atom is 0.0897 e. The van der Waals surface area contributed by atoms with Gasteiger partial charge >= 0.3 is 0 Å². The summed E-state index contributed by atoms with van der Waals surface area (Å²) in [7, 11) is 0. The van der Waals surface area contributed by atoms with Gasteiger partial charge in [-0.2, -0.15) is 0 Å². The Balaban J connectivity index is 1.52. The number of halogens is 1. The molecule has 0 aliphatic heterocycles. The van der Waals surface area contributed by atoms with E-state index in [2.05, 4.69) is 5.32 Å². The van der Waals surface area contributed by atoms with Crippen LogP contribution in [0.4, 0.5) is 0 Å². The van der Waals surface area contributed by atoms with Gasteiger partial charge in [-0.25, -0.2) is 0 Å². The van der Waals surface area contributed by atoms with Gasteiger partial charge in [-0.15, -0.1) is 0 Å². The predicted molar refractivity (Wildman–Crippen MR) is 82.2 cm³/mol. The molecule has 0 amide bonds. The molecule has 1 unspecified atom stereocenters. The van der Waals surface area contributed by atoms with E-state index in [1.165, 1.54) is 18.4 Å². The number of ether oxygens (including phenoxy) is 1. The summed E-state index contributed by atoms with van der Waals surface area (Å²) in [5.41, 5.74) is 1.25. The fourth-order valence-corrected chi connectivity index (χ4v) is 2.64. The van der Waals surface area contributed by atoms with Gasteiger partial charge in [-0.3, -0.25) is 0 Å². The first-order valence-electron chi connectivity index (χ1n) is 7.49. The molecule has 112 valence electrons. The molecule has 1 aromatic carbocycles. The van der Waals surface area contributed by atoms with Crippen molar-refractivity contribution in [2.45, 2.75) is 44.3 Å². The molecule has 3 nitrogen and oxygen atoms in total. The van der Waals surface area contributed by atoms with Crippen molar-refractivity contribution in [3.8, 4) is 0 Å². The fraction of sp³-hybridized carbons (Fsp3) is 0.625. The fourth-order valence-electron chi connectivity index (χ4n) is 2.51. The van der Waals surface area contributed by atoms with Crippen molar-refractivity contribution in [2.75, 3.05) is 19.7 Å². The summed E-state index contributed by atoms with van der Waals surface area (Å²) in [5, 5.41) is 13.9. The maximum atomic E-state index is 9.84. The lowest BCUT2D eigenvalue weighted by atomic mass is 10.1. The monoisotopic (exact) mass is 297 g/mol. The van der Waals surface area contributed by atoms with Crippen LogP contribution in [0.3, 0.4) is 0 Å². The Morgan fingerprint density at radius 2 is 1.95 bits per heavy atom. The third-order valence-corrected chi connectivity index (χ3v) is 3.96. The van der Waals surface area contributed by atoms with E-state index in [9.17, 15) is 5.11 Å². The topological polar surface area (TPSA) is 41.5 Å². The minimum Gasteiger partial charge on any atom is -0.389 e. The minimum atomic E-state index is -0.416. The largest absolute Gasteiger partial charge is 0.389 e. The Bertz CT molecular complexity index is 377. The van der Waals surface area contributed by atoms with Gasteiger partial charge in [0.15, 0.2) is 0 Å². The van der Waals surface area contributed by atoms with E-state index in [1.807, 2.05) is 24.3 Å². The Kier molecular flexibility index (Phi) is 6.80. The van der Waals surface area contributed by atoms with E-state index < -0.39 is 6.10 Å². The molecular weight excluding hydrogens is 274 g/mol. The third-order valence-electron chi connectivity index (χ3n) is 3.71. The van der Waals surface area contributed by atoms with Gasteiger partial charge in [-0.1, -0.05) is 36.6 Å². The standard InChI is InChI=1S/C16H24ClNO2/c17-14-7-5-13(6-8-14)9-10-18-11-15(19)12-20-16-3-1-2-4-16/h5-8,15-16,18-19H,1-4,9-12H2. The minimum absolute atomic E-state index is 0.374. The van der Waals surface area contributed by atoms with Crippen molar-refractivity contribution in [3.05, 3.63) is 34.9 Å². The predicted octanol–water partition coefficient (Wildman–Crippen LogP) is 2.79. The molecule has 1 atom stereocenters. The van der Waals surface area contributed by atoms with Gasteiger partial charge in [0, 0.05) is 11.6 Å². The van der Waals surface area contributed by atoms with Crippen LogP contribution in [0.15, 0.2) is 24.3 Å². The molecule has 1 aromatic rings. The molecule has 1 fully saturated rings. The van der Waals surface area contributed by atoms with E-state index in [0.717, 1.165) is 30.8 Å². The molecular formula is C16H24ClNO2. The van der Waals surface area contributed by atoms with Crippen molar-refractivity contribution in [1.82, 2.24) is 5.32 Å². The Labute approximate surface area is 126 Å². The normalized spacial score (nSPS) is 17.5.